The van der Waals surface area contributed by atoms with Crippen molar-refractivity contribution < 1.29 is 22.3 Å². The Bertz CT molecular complexity index is 285. The first-order valence-electron chi connectivity index (χ1n) is 4.92. The van der Waals surface area contributed by atoms with E-state index in [9.17, 15) is 13.2 Å². The molecule has 1 aromatic rings. The number of hydrogen-bond donors (Lipinski definition) is 1. The van der Waals surface area contributed by atoms with Crippen LogP contribution in [0.5, 0.6) is 0 Å². The maximum atomic E-state index is 11.7. The van der Waals surface area contributed by atoms with Gasteiger partial charge in [-0.05, 0) is 25.0 Å². The van der Waals surface area contributed by atoms with E-state index >= 15 is 0 Å². The second-order valence-electron chi connectivity index (χ2n) is 3.43. The molecule has 0 spiro atoms. The van der Waals surface area contributed by atoms with Crippen LogP contribution in [0.25, 0.3) is 0 Å². The molecule has 0 aliphatic heterocycles. The Labute approximate surface area is 91.4 Å². The lowest BCUT2D eigenvalue weighted by molar-refractivity contribution is -0.174. The van der Waals surface area contributed by atoms with Crippen LogP contribution in [0.4, 0.5) is 13.2 Å². The maximum Gasteiger partial charge on any atom is 0.411 e. The van der Waals surface area contributed by atoms with Gasteiger partial charge >= 0.3 is 6.18 Å². The Morgan fingerprint density at radius 1 is 1.44 bits per heavy atom. The highest BCUT2D eigenvalue weighted by molar-refractivity contribution is 5.02. The van der Waals surface area contributed by atoms with Crippen LogP contribution in [0.1, 0.15) is 24.6 Å². The van der Waals surface area contributed by atoms with Gasteiger partial charge in [0.05, 0.1) is 12.3 Å². The molecule has 0 radical (unpaired) electrons. The zero-order chi connectivity index (χ0) is 12.0. The van der Waals surface area contributed by atoms with Crippen molar-refractivity contribution in [3.63, 3.8) is 0 Å². The molecule has 1 heterocycles. The minimum absolute atomic E-state index is 0.0495. The number of hydrogen-bond acceptors (Lipinski definition) is 3. The van der Waals surface area contributed by atoms with Gasteiger partial charge in [-0.2, -0.15) is 13.2 Å². The average Bonchev–Trinajstić information content (AvgIpc) is 2.67. The standard InChI is InChI=1S/C10H14F3NO2/c11-10(12,13)7-15-5-1-3-8(14)9-4-2-6-16-9/h2,4,6,8H,1,3,5,7,14H2. The van der Waals surface area contributed by atoms with Gasteiger partial charge in [-0.3, -0.25) is 0 Å². The summed E-state index contributed by atoms with van der Waals surface area (Å²) < 4.78 is 44.6. The van der Waals surface area contributed by atoms with Gasteiger partial charge in [0.15, 0.2) is 0 Å². The Kier molecular flexibility index (Phi) is 4.82. The molecule has 0 aromatic carbocycles. The first-order chi connectivity index (χ1) is 7.49. The van der Waals surface area contributed by atoms with Gasteiger partial charge in [0.25, 0.3) is 0 Å². The fourth-order valence-electron chi connectivity index (χ4n) is 1.24. The van der Waals surface area contributed by atoms with E-state index in [-0.39, 0.29) is 12.6 Å². The monoisotopic (exact) mass is 237 g/mol. The minimum Gasteiger partial charge on any atom is -0.468 e. The van der Waals surface area contributed by atoms with Gasteiger partial charge in [0.1, 0.15) is 12.4 Å². The maximum absolute atomic E-state index is 11.7. The van der Waals surface area contributed by atoms with Crippen molar-refractivity contribution in [3.05, 3.63) is 24.2 Å². The summed E-state index contributed by atoms with van der Waals surface area (Å²) in [5.74, 6) is 0.635. The Hall–Kier alpha value is -1.01. The topological polar surface area (TPSA) is 48.4 Å². The van der Waals surface area contributed by atoms with E-state index < -0.39 is 12.8 Å². The van der Waals surface area contributed by atoms with Crippen molar-refractivity contribution in [2.75, 3.05) is 13.2 Å². The van der Waals surface area contributed by atoms with Crippen LogP contribution in [-0.4, -0.2) is 19.4 Å². The third kappa shape index (κ3) is 5.18. The lowest BCUT2D eigenvalue weighted by atomic mass is 10.1. The summed E-state index contributed by atoms with van der Waals surface area (Å²) in [6, 6.07) is 3.17. The summed E-state index contributed by atoms with van der Waals surface area (Å²) in [4.78, 5) is 0. The van der Waals surface area contributed by atoms with Gasteiger partial charge in [-0.1, -0.05) is 0 Å². The average molecular weight is 237 g/mol. The highest BCUT2D eigenvalue weighted by atomic mass is 19.4. The summed E-state index contributed by atoms with van der Waals surface area (Å²) in [5, 5.41) is 0. The zero-order valence-electron chi connectivity index (χ0n) is 8.67. The predicted octanol–water partition coefficient (Wildman–Crippen LogP) is 2.64. The zero-order valence-corrected chi connectivity index (χ0v) is 8.67. The smallest absolute Gasteiger partial charge is 0.411 e. The molecule has 6 heteroatoms. The van der Waals surface area contributed by atoms with Gasteiger partial charge in [-0.15, -0.1) is 0 Å². The van der Waals surface area contributed by atoms with Gasteiger partial charge in [0, 0.05) is 6.61 Å². The van der Waals surface area contributed by atoms with Crippen LogP contribution in [0.15, 0.2) is 22.8 Å². The summed E-state index contributed by atoms with van der Waals surface area (Å²) in [6.07, 6.45) is -1.75. The fraction of sp³-hybridized carbons (Fsp3) is 0.600. The number of nitrogens with two attached hydrogens (primary N) is 1. The van der Waals surface area contributed by atoms with Gasteiger partial charge in [-0.25, -0.2) is 0 Å². The van der Waals surface area contributed by atoms with Gasteiger partial charge < -0.3 is 14.9 Å². The normalized spacial score (nSPS) is 14.0. The summed E-state index contributed by atoms with van der Waals surface area (Å²) in [7, 11) is 0. The summed E-state index contributed by atoms with van der Waals surface area (Å²) >= 11 is 0. The van der Waals surface area contributed by atoms with E-state index in [1.807, 2.05) is 0 Å². The number of rotatable bonds is 6. The van der Waals surface area contributed by atoms with Crippen molar-refractivity contribution in [1.82, 2.24) is 0 Å². The summed E-state index contributed by atoms with van der Waals surface area (Å²) in [6.45, 7) is -1.16. The van der Waals surface area contributed by atoms with E-state index in [1.54, 1.807) is 12.1 Å². The first-order valence-corrected chi connectivity index (χ1v) is 4.92. The number of alkyl halides is 3. The van der Waals surface area contributed by atoms with Crippen molar-refractivity contribution >= 4 is 0 Å². The van der Waals surface area contributed by atoms with Crippen LogP contribution in [0.3, 0.4) is 0 Å². The largest absolute Gasteiger partial charge is 0.468 e. The number of halogens is 3. The molecule has 1 rings (SSSR count). The molecule has 0 bridgehead atoms. The third-order valence-electron chi connectivity index (χ3n) is 1.98. The molecule has 0 amide bonds. The van der Waals surface area contributed by atoms with Crippen LogP contribution >= 0.6 is 0 Å². The predicted molar refractivity (Wildman–Crippen MR) is 51.7 cm³/mol. The molecule has 16 heavy (non-hydrogen) atoms. The van der Waals surface area contributed by atoms with E-state index in [0.29, 0.717) is 18.6 Å². The molecule has 0 aliphatic rings. The molecule has 0 fully saturated rings. The summed E-state index contributed by atoms with van der Waals surface area (Å²) in [5.41, 5.74) is 5.74. The number of furan rings is 1. The molecule has 1 aromatic heterocycles. The quantitative estimate of drug-likeness (QED) is 0.774. The van der Waals surface area contributed by atoms with Crippen molar-refractivity contribution in [2.24, 2.45) is 5.73 Å². The minimum atomic E-state index is -4.26. The molecule has 92 valence electrons. The molecule has 0 aliphatic carbocycles. The van der Waals surface area contributed by atoms with Crippen molar-refractivity contribution in [1.29, 1.82) is 0 Å². The van der Waals surface area contributed by atoms with Crippen LogP contribution in [0.2, 0.25) is 0 Å². The lowest BCUT2D eigenvalue weighted by Crippen LogP contribution is -2.18. The number of ether oxygens (including phenoxy) is 1. The SMILES string of the molecule is NC(CCCOCC(F)(F)F)c1ccco1. The molecule has 3 nitrogen and oxygen atoms in total. The Balaban J connectivity index is 2.08. The Morgan fingerprint density at radius 2 is 2.19 bits per heavy atom. The van der Waals surface area contributed by atoms with Crippen molar-refractivity contribution in [2.45, 2.75) is 25.1 Å². The first kappa shape index (κ1) is 13.1. The van der Waals surface area contributed by atoms with E-state index in [2.05, 4.69) is 4.74 Å². The lowest BCUT2D eigenvalue weighted by Gasteiger charge is -2.10. The van der Waals surface area contributed by atoms with Gasteiger partial charge in [0.2, 0.25) is 0 Å². The van der Waals surface area contributed by atoms with Crippen molar-refractivity contribution in [3.8, 4) is 0 Å². The molecular weight excluding hydrogens is 223 g/mol. The van der Waals surface area contributed by atoms with E-state index in [0.717, 1.165) is 0 Å². The van der Waals surface area contributed by atoms with Crippen LogP contribution in [0, 0.1) is 0 Å². The van der Waals surface area contributed by atoms with E-state index in [4.69, 9.17) is 10.2 Å². The molecule has 1 unspecified atom stereocenters. The molecule has 1 atom stereocenters. The Morgan fingerprint density at radius 3 is 2.75 bits per heavy atom. The van der Waals surface area contributed by atoms with Crippen LogP contribution < -0.4 is 5.73 Å². The second-order valence-corrected chi connectivity index (χ2v) is 3.43. The fourth-order valence-corrected chi connectivity index (χ4v) is 1.24. The molecule has 0 saturated carbocycles. The third-order valence-corrected chi connectivity index (χ3v) is 1.98. The highest BCUT2D eigenvalue weighted by Gasteiger charge is 2.27. The second kappa shape index (κ2) is 5.91. The van der Waals surface area contributed by atoms with E-state index in [1.165, 1.54) is 6.26 Å². The molecule has 2 N–H and O–H groups in total. The molecule has 0 saturated heterocycles. The highest BCUT2D eigenvalue weighted by Crippen LogP contribution is 2.17. The molecular formula is C10H14F3NO2. The van der Waals surface area contributed by atoms with Crippen LogP contribution in [-0.2, 0) is 4.74 Å².